The van der Waals surface area contributed by atoms with Gasteiger partial charge in [-0.25, -0.2) is 0 Å². The number of pyridine rings is 1. The van der Waals surface area contributed by atoms with Gasteiger partial charge < -0.3 is 10.6 Å². The van der Waals surface area contributed by atoms with Crippen molar-refractivity contribution < 1.29 is 4.79 Å². The zero-order valence-corrected chi connectivity index (χ0v) is 12.9. The first kappa shape index (κ1) is 15.0. The normalized spacial score (nSPS) is 12.0. The number of nitrogens with two attached hydrogens (primary N) is 1. The van der Waals surface area contributed by atoms with Crippen LogP contribution in [0.1, 0.15) is 40.1 Å². The van der Waals surface area contributed by atoms with Gasteiger partial charge in [0.25, 0.3) is 5.91 Å². The van der Waals surface area contributed by atoms with Crippen molar-refractivity contribution in [1.82, 2.24) is 9.88 Å². The number of carbonyl (C=O) groups excluding carboxylic acids is 1. The summed E-state index contributed by atoms with van der Waals surface area (Å²) in [5.74, 6) is -0.0691. The van der Waals surface area contributed by atoms with Gasteiger partial charge in [-0.05, 0) is 32.4 Å². The first-order valence-corrected chi connectivity index (χ1v) is 6.96. The lowest BCUT2D eigenvalue weighted by molar-refractivity contribution is 0.0741. The van der Waals surface area contributed by atoms with E-state index < -0.39 is 0 Å². The van der Waals surface area contributed by atoms with Gasteiger partial charge in [0.05, 0.1) is 29.2 Å². The van der Waals surface area contributed by atoms with Crippen LogP contribution in [0.3, 0.4) is 0 Å². The number of amides is 1. The summed E-state index contributed by atoms with van der Waals surface area (Å²) in [6.45, 7) is 5.87. The minimum atomic E-state index is -0.0691. The minimum Gasteiger partial charge on any atom is -0.397 e. The van der Waals surface area contributed by atoms with Crippen molar-refractivity contribution >= 4 is 11.6 Å². The number of nitrogen functional groups attached to an aromatic ring is 1. The Balaban J connectivity index is 2.26. The van der Waals surface area contributed by atoms with Crippen molar-refractivity contribution in [2.24, 2.45) is 0 Å². The fourth-order valence-electron chi connectivity index (χ4n) is 2.20. The fraction of sp³-hybridized carbons (Fsp3) is 0.294. The predicted molar refractivity (Wildman–Crippen MR) is 85.1 cm³/mol. The second kappa shape index (κ2) is 5.95. The summed E-state index contributed by atoms with van der Waals surface area (Å²) in [4.78, 5) is 18.5. The van der Waals surface area contributed by atoms with Gasteiger partial charge in [0.1, 0.15) is 0 Å². The second-order valence-corrected chi connectivity index (χ2v) is 5.40. The van der Waals surface area contributed by atoms with Crippen LogP contribution in [0.4, 0.5) is 5.69 Å². The maximum Gasteiger partial charge on any atom is 0.256 e. The molecule has 21 heavy (non-hydrogen) atoms. The van der Waals surface area contributed by atoms with Crippen LogP contribution in [0, 0.1) is 13.8 Å². The lowest BCUT2D eigenvalue weighted by Crippen LogP contribution is -2.30. The molecule has 4 heteroatoms. The topological polar surface area (TPSA) is 59.2 Å². The van der Waals surface area contributed by atoms with E-state index >= 15 is 0 Å². The summed E-state index contributed by atoms with van der Waals surface area (Å²) in [5.41, 5.74) is 9.79. The van der Waals surface area contributed by atoms with Gasteiger partial charge in [-0.15, -0.1) is 0 Å². The number of rotatable bonds is 3. The molecule has 1 aromatic heterocycles. The molecule has 0 saturated heterocycles. The third-order valence-corrected chi connectivity index (χ3v) is 3.80. The molecule has 2 rings (SSSR count). The number of hydrogen-bond acceptors (Lipinski definition) is 3. The van der Waals surface area contributed by atoms with Crippen molar-refractivity contribution in [3.05, 3.63) is 58.9 Å². The molecule has 4 nitrogen and oxygen atoms in total. The Morgan fingerprint density at radius 2 is 1.86 bits per heavy atom. The van der Waals surface area contributed by atoms with E-state index in [2.05, 4.69) is 17.1 Å². The standard InChI is InChI=1S/C17H21N3O/c1-11-5-7-14(8-6-11)13(3)20(4)17(21)16-9-15(18)10-19-12(16)2/h5-10,13H,18H2,1-4H3. The average molecular weight is 283 g/mol. The fourth-order valence-corrected chi connectivity index (χ4v) is 2.20. The predicted octanol–water partition coefficient (Wildman–Crippen LogP) is 3.11. The Labute approximate surface area is 125 Å². The van der Waals surface area contributed by atoms with Crippen molar-refractivity contribution in [2.45, 2.75) is 26.8 Å². The highest BCUT2D eigenvalue weighted by atomic mass is 16.2. The van der Waals surface area contributed by atoms with Crippen molar-refractivity contribution in [1.29, 1.82) is 0 Å². The second-order valence-electron chi connectivity index (χ2n) is 5.40. The average Bonchev–Trinajstić information content (AvgIpc) is 2.48. The molecule has 1 atom stereocenters. The van der Waals surface area contributed by atoms with Gasteiger partial charge >= 0.3 is 0 Å². The van der Waals surface area contributed by atoms with Crippen LogP contribution < -0.4 is 5.73 Å². The maximum absolute atomic E-state index is 12.6. The van der Waals surface area contributed by atoms with Crippen LogP contribution in [-0.2, 0) is 0 Å². The van der Waals surface area contributed by atoms with Gasteiger partial charge in [-0.2, -0.15) is 0 Å². The van der Waals surface area contributed by atoms with E-state index in [9.17, 15) is 4.79 Å². The molecular formula is C17H21N3O. The molecule has 0 fully saturated rings. The molecule has 110 valence electrons. The largest absolute Gasteiger partial charge is 0.397 e. The molecule has 0 aliphatic heterocycles. The molecule has 2 aromatic rings. The summed E-state index contributed by atoms with van der Waals surface area (Å²) in [5, 5.41) is 0. The molecule has 1 aromatic carbocycles. The van der Waals surface area contributed by atoms with Gasteiger partial charge in [0, 0.05) is 7.05 Å². The molecule has 0 saturated carbocycles. The summed E-state index contributed by atoms with van der Waals surface area (Å²) in [6.07, 6.45) is 1.56. The first-order chi connectivity index (χ1) is 9.90. The molecular weight excluding hydrogens is 262 g/mol. The van der Waals surface area contributed by atoms with Crippen LogP contribution in [0.5, 0.6) is 0 Å². The van der Waals surface area contributed by atoms with Crippen LogP contribution in [-0.4, -0.2) is 22.8 Å². The number of carbonyl (C=O) groups is 1. The Hall–Kier alpha value is -2.36. The van der Waals surface area contributed by atoms with Crippen LogP contribution in [0.15, 0.2) is 36.5 Å². The van der Waals surface area contributed by atoms with Crippen LogP contribution >= 0.6 is 0 Å². The smallest absolute Gasteiger partial charge is 0.256 e. The monoisotopic (exact) mass is 283 g/mol. The van der Waals surface area contributed by atoms with E-state index in [-0.39, 0.29) is 11.9 Å². The van der Waals surface area contributed by atoms with Crippen molar-refractivity contribution in [3.8, 4) is 0 Å². The van der Waals surface area contributed by atoms with Gasteiger partial charge in [-0.3, -0.25) is 9.78 Å². The molecule has 2 N–H and O–H groups in total. The minimum absolute atomic E-state index is 0.0149. The highest BCUT2D eigenvalue weighted by molar-refractivity contribution is 5.96. The lowest BCUT2D eigenvalue weighted by Gasteiger charge is -2.26. The number of aryl methyl sites for hydroxylation is 2. The SMILES string of the molecule is Cc1ccc(C(C)N(C)C(=O)c2cc(N)cnc2C)cc1. The molecule has 0 radical (unpaired) electrons. The highest BCUT2D eigenvalue weighted by Crippen LogP contribution is 2.22. The maximum atomic E-state index is 12.6. The molecule has 1 amide bonds. The van der Waals surface area contributed by atoms with Crippen LogP contribution in [0.2, 0.25) is 0 Å². The zero-order chi connectivity index (χ0) is 15.6. The van der Waals surface area contributed by atoms with E-state index in [1.165, 1.54) is 5.56 Å². The Kier molecular flexibility index (Phi) is 4.26. The van der Waals surface area contributed by atoms with Gasteiger partial charge in [0.15, 0.2) is 0 Å². The summed E-state index contributed by atoms with van der Waals surface area (Å²) < 4.78 is 0. The number of anilines is 1. The summed E-state index contributed by atoms with van der Waals surface area (Å²) >= 11 is 0. The van der Waals surface area contributed by atoms with Crippen molar-refractivity contribution in [2.75, 3.05) is 12.8 Å². The van der Waals surface area contributed by atoms with Gasteiger partial charge in [-0.1, -0.05) is 29.8 Å². The van der Waals surface area contributed by atoms with E-state index in [0.29, 0.717) is 16.9 Å². The molecule has 0 aliphatic rings. The number of hydrogen-bond donors (Lipinski definition) is 1. The van der Waals surface area contributed by atoms with E-state index in [0.717, 1.165) is 5.56 Å². The molecule has 0 aliphatic carbocycles. The zero-order valence-electron chi connectivity index (χ0n) is 12.9. The summed E-state index contributed by atoms with van der Waals surface area (Å²) in [7, 11) is 1.80. The molecule has 1 unspecified atom stereocenters. The van der Waals surface area contributed by atoms with E-state index in [4.69, 9.17) is 5.73 Å². The highest BCUT2D eigenvalue weighted by Gasteiger charge is 2.21. The third-order valence-electron chi connectivity index (χ3n) is 3.80. The molecule has 0 spiro atoms. The third kappa shape index (κ3) is 3.21. The first-order valence-electron chi connectivity index (χ1n) is 6.96. The quantitative estimate of drug-likeness (QED) is 0.941. The Morgan fingerprint density at radius 3 is 2.48 bits per heavy atom. The van der Waals surface area contributed by atoms with Gasteiger partial charge in [0.2, 0.25) is 0 Å². The number of benzene rings is 1. The van der Waals surface area contributed by atoms with Crippen LogP contribution in [0.25, 0.3) is 0 Å². The summed E-state index contributed by atoms with van der Waals surface area (Å²) in [6, 6.07) is 9.87. The van der Waals surface area contributed by atoms with E-state index in [1.807, 2.05) is 32.9 Å². The number of aromatic nitrogens is 1. The number of nitrogens with zero attached hydrogens (tertiary/aromatic N) is 2. The van der Waals surface area contributed by atoms with Crippen molar-refractivity contribution in [3.63, 3.8) is 0 Å². The molecule has 0 bridgehead atoms. The Morgan fingerprint density at radius 1 is 1.24 bits per heavy atom. The Bertz CT molecular complexity index is 650. The van der Waals surface area contributed by atoms with E-state index in [1.54, 1.807) is 24.2 Å². The lowest BCUT2D eigenvalue weighted by atomic mass is 10.0. The molecule has 1 heterocycles.